The van der Waals surface area contributed by atoms with E-state index in [1.54, 1.807) is 50.3 Å². The molecule has 0 unspecified atom stereocenters. The summed E-state index contributed by atoms with van der Waals surface area (Å²) in [5.41, 5.74) is 1.42. The Morgan fingerprint density at radius 2 is 1.93 bits per heavy atom. The first-order valence-corrected chi connectivity index (χ1v) is 8.59. The summed E-state index contributed by atoms with van der Waals surface area (Å²) in [6, 6.07) is 5.84. The summed E-state index contributed by atoms with van der Waals surface area (Å²) in [7, 11) is 6.47. The average Bonchev–Trinajstić information content (AvgIpc) is 2.63. The zero-order valence-electron chi connectivity index (χ0n) is 16.3. The van der Waals surface area contributed by atoms with Gasteiger partial charge in [-0.1, -0.05) is 24.3 Å². The Hall–Kier alpha value is -3.20. The highest BCUT2D eigenvalue weighted by atomic mass is 16.5. The molecule has 0 saturated heterocycles. The van der Waals surface area contributed by atoms with E-state index in [9.17, 15) is 19.5 Å². The predicted molar refractivity (Wildman–Crippen MR) is 103 cm³/mol. The number of ether oxygens (including phenoxy) is 1. The summed E-state index contributed by atoms with van der Waals surface area (Å²) >= 11 is 0. The summed E-state index contributed by atoms with van der Waals surface area (Å²) in [5, 5.41) is 15.8. The molecule has 0 saturated carbocycles. The molecule has 0 bridgehead atoms. The van der Waals surface area contributed by atoms with Crippen molar-refractivity contribution in [3.8, 4) is 16.9 Å². The Morgan fingerprint density at radius 1 is 1.29 bits per heavy atom. The van der Waals surface area contributed by atoms with Gasteiger partial charge in [-0.3, -0.25) is 9.59 Å². The molecule has 1 amide bonds. The van der Waals surface area contributed by atoms with Gasteiger partial charge in [0.2, 0.25) is 5.91 Å². The second-order valence-electron chi connectivity index (χ2n) is 6.61. The second-order valence-corrected chi connectivity index (χ2v) is 6.61. The van der Waals surface area contributed by atoms with Crippen LogP contribution in [0.3, 0.4) is 0 Å². The summed E-state index contributed by atoms with van der Waals surface area (Å²) in [5.74, 6) is -1.12. The number of rotatable bonds is 8. The number of amides is 1. The smallest absolute Gasteiger partial charge is 0.326 e. The lowest BCUT2D eigenvalue weighted by molar-refractivity contribution is -0.141. The number of aryl methyl sites for hydroxylation is 1. The maximum Gasteiger partial charge on any atom is 0.326 e. The number of carbonyl (C=O) groups excluding carboxylic acids is 1. The van der Waals surface area contributed by atoms with E-state index >= 15 is 0 Å². The number of hydrogen-bond donors (Lipinski definition) is 2. The molecule has 0 aliphatic rings. The number of carbonyl (C=O) groups is 2. The predicted octanol–water partition coefficient (Wildman–Crippen LogP) is 0.129. The number of aliphatic carboxylic acids is 1. The Morgan fingerprint density at radius 3 is 2.46 bits per heavy atom. The lowest BCUT2D eigenvalue weighted by Gasteiger charge is -2.17. The fourth-order valence-electron chi connectivity index (χ4n) is 2.71. The van der Waals surface area contributed by atoms with Crippen LogP contribution in [0.15, 0.2) is 35.3 Å². The van der Waals surface area contributed by atoms with Crippen LogP contribution in [0.25, 0.3) is 11.1 Å². The third-order valence-corrected chi connectivity index (χ3v) is 4.10. The molecular weight excluding hydrogens is 364 g/mol. The van der Waals surface area contributed by atoms with Gasteiger partial charge in [0, 0.05) is 13.5 Å². The van der Waals surface area contributed by atoms with Gasteiger partial charge in [-0.2, -0.15) is 5.10 Å². The Labute approximate surface area is 162 Å². The molecule has 0 aliphatic carbocycles. The number of nitrogens with one attached hydrogen (secondary N) is 1. The number of aromatic nitrogens is 2. The Balaban J connectivity index is 2.22. The maximum atomic E-state index is 12.4. The minimum Gasteiger partial charge on any atom is -0.494 e. The van der Waals surface area contributed by atoms with E-state index in [0.29, 0.717) is 22.4 Å². The standard InChI is InChI=1S/C19H24N4O5/c1-22(2)11-16(24)21-14(19(26)27)9-12-5-7-13(8-6-12)17-15(28-4)10-20-23(3)18(17)25/h5-8,10,14H,9,11H2,1-4H3,(H,21,24)(H,26,27)/t14-/m0/s1. The topological polar surface area (TPSA) is 114 Å². The highest BCUT2D eigenvalue weighted by molar-refractivity contribution is 5.84. The molecule has 9 heteroatoms. The van der Waals surface area contributed by atoms with Crippen LogP contribution in [0.4, 0.5) is 0 Å². The van der Waals surface area contributed by atoms with Gasteiger partial charge in [-0.25, -0.2) is 9.48 Å². The largest absolute Gasteiger partial charge is 0.494 e. The van der Waals surface area contributed by atoms with E-state index in [2.05, 4.69) is 10.4 Å². The zero-order chi connectivity index (χ0) is 20.8. The number of benzene rings is 1. The summed E-state index contributed by atoms with van der Waals surface area (Å²) in [4.78, 5) is 37.4. The van der Waals surface area contributed by atoms with Crippen molar-refractivity contribution in [3.63, 3.8) is 0 Å². The third-order valence-electron chi connectivity index (χ3n) is 4.10. The van der Waals surface area contributed by atoms with Crippen molar-refractivity contribution in [3.05, 3.63) is 46.4 Å². The number of carboxylic acids is 1. The van der Waals surface area contributed by atoms with Crippen LogP contribution in [-0.4, -0.2) is 65.5 Å². The minimum atomic E-state index is -1.11. The maximum absolute atomic E-state index is 12.4. The SMILES string of the molecule is COc1cnn(C)c(=O)c1-c1ccc(C[C@H](NC(=O)CN(C)C)C(=O)O)cc1. The molecule has 0 aliphatic heterocycles. The number of methoxy groups -OCH3 is 1. The molecule has 1 aromatic carbocycles. The fraction of sp³-hybridized carbons (Fsp3) is 0.368. The molecule has 2 rings (SSSR count). The van der Waals surface area contributed by atoms with Crippen LogP contribution in [0.2, 0.25) is 0 Å². The van der Waals surface area contributed by atoms with E-state index < -0.39 is 12.0 Å². The second kappa shape index (κ2) is 9.14. The zero-order valence-corrected chi connectivity index (χ0v) is 16.3. The monoisotopic (exact) mass is 388 g/mol. The molecule has 2 N–H and O–H groups in total. The van der Waals surface area contributed by atoms with E-state index in [-0.39, 0.29) is 24.4 Å². The van der Waals surface area contributed by atoms with Gasteiger partial charge in [-0.05, 0) is 25.2 Å². The van der Waals surface area contributed by atoms with Crippen molar-refractivity contribution in [1.29, 1.82) is 0 Å². The van der Waals surface area contributed by atoms with Gasteiger partial charge in [-0.15, -0.1) is 0 Å². The van der Waals surface area contributed by atoms with Crippen LogP contribution < -0.4 is 15.6 Å². The van der Waals surface area contributed by atoms with Crippen molar-refractivity contribution in [2.45, 2.75) is 12.5 Å². The molecule has 28 heavy (non-hydrogen) atoms. The molecule has 150 valence electrons. The van der Waals surface area contributed by atoms with Gasteiger partial charge >= 0.3 is 5.97 Å². The molecule has 0 fully saturated rings. The molecule has 9 nitrogen and oxygen atoms in total. The van der Waals surface area contributed by atoms with E-state index in [4.69, 9.17) is 4.74 Å². The molecule has 0 radical (unpaired) electrons. The van der Waals surface area contributed by atoms with Crippen molar-refractivity contribution < 1.29 is 19.4 Å². The highest BCUT2D eigenvalue weighted by Gasteiger charge is 2.21. The van der Waals surface area contributed by atoms with E-state index in [0.717, 1.165) is 0 Å². The van der Waals surface area contributed by atoms with Crippen molar-refractivity contribution in [2.24, 2.45) is 7.05 Å². The van der Waals surface area contributed by atoms with Gasteiger partial charge in [0.1, 0.15) is 6.04 Å². The summed E-state index contributed by atoms with van der Waals surface area (Å²) < 4.78 is 6.45. The normalized spacial score (nSPS) is 11.9. The van der Waals surface area contributed by atoms with Gasteiger partial charge in [0.05, 0.1) is 25.4 Å². The average molecular weight is 388 g/mol. The number of carboxylic acid groups (broad SMARTS) is 1. The van der Waals surface area contributed by atoms with Crippen LogP contribution in [-0.2, 0) is 23.1 Å². The lowest BCUT2D eigenvalue weighted by Crippen LogP contribution is -2.45. The quantitative estimate of drug-likeness (QED) is 0.661. The summed E-state index contributed by atoms with van der Waals surface area (Å²) in [6.07, 6.45) is 1.59. The van der Waals surface area contributed by atoms with Gasteiger partial charge in [0.15, 0.2) is 5.75 Å². The van der Waals surface area contributed by atoms with Crippen LogP contribution >= 0.6 is 0 Å². The van der Waals surface area contributed by atoms with Crippen molar-refractivity contribution in [2.75, 3.05) is 27.7 Å². The fourth-order valence-corrected chi connectivity index (χ4v) is 2.71. The number of hydrogen-bond acceptors (Lipinski definition) is 6. The Kier molecular flexibility index (Phi) is 6.89. The van der Waals surface area contributed by atoms with Crippen LogP contribution in [0.1, 0.15) is 5.56 Å². The molecule has 0 spiro atoms. The van der Waals surface area contributed by atoms with Crippen molar-refractivity contribution >= 4 is 11.9 Å². The van der Waals surface area contributed by atoms with Crippen molar-refractivity contribution in [1.82, 2.24) is 20.0 Å². The van der Waals surface area contributed by atoms with Gasteiger partial charge < -0.3 is 20.1 Å². The first-order chi connectivity index (χ1) is 13.2. The first-order valence-electron chi connectivity index (χ1n) is 8.59. The number of nitrogens with zero attached hydrogens (tertiary/aromatic N) is 3. The molecule has 1 heterocycles. The van der Waals surface area contributed by atoms with Gasteiger partial charge in [0.25, 0.3) is 5.56 Å². The summed E-state index contributed by atoms with van der Waals surface area (Å²) in [6.45, 7) is 0.105. The highest BCUT2D eigenvalue weighted by Crippen LogP contribution is 2.25. The van der Waals surface area contributed by atoms with E-state index in [1.165, 1.54) is 18.0 Å². The first kappa shape index (κ1) is 21.1. The van der Waals surface area contributed by atoms with E-state index in [1.807, 2.05) is 0 Å². The minimum absolute atomic E-state index is 0.105. The molecule has 1 atom stereocenters. The molecule has 1 aromatic heterocycles. The molecular formula is C19H24N4O5. The lowest BCUT2D eigenvalue weighted by atomic mass is 10.0. The third kappa shape index (κ3) is 5.17. The Bertz CT molecular complexity index is 906. The van der Waals surface area contributed by atoms with Crippen LogP contribution in [0, 0.1) is 0 Å². The number of likely N-dealkylation sites (N-methyl/N-ethyl adjacent to an activating group) is 1. The molecule has 2 aromatic rings. The van der Waals surface area contributed by atoms with Crippen LogP contribution in [0.5, 0.6) is 5.75 Å².